The molecular weight excluding hydrogens is 308 g/mol. The van der Waals surface area contributed by atoms with E-state index in [1.54, 1.807) is 16.4 Å². The highest BCUT2D eigenvalue weighted by Gasteiger charge is 2.33. The van der Waals surface area contributed by atoms with Crippen molar-refractivity contribution in [3.05, 3.63) is 23.0 Å². The van der Waals surface area contributed by atoms with Crippen LogP contribution in [-0.4, -0.2) is 51.7 Å². The van der Waals surface area contributed by atoms with Crippen LogP contribution in [0.3, 0.4) is 0 Å². The summed E-state index contributed by atoms with van der Waals surface area (Å²) < 4.78 is 1.79. The number of carbonyl (C=O) groups is 3. The zero-order valence-corrected chi connectivity index (χ0v) is 14.2. The lowest BCUT2D eigenvalue weighted by Crippen LogP contribution is -2.47. The van der Waals surface area contributed by atoms with Gasteiger partial charge in [-0.25, -0.2) is 0 Å². The molecule has 1 aromatic heterocycles. The predicted molar refractivity (Wildman–Crippen MR) is 88.0 cm³/mol. The summed E-state index contributed by atoms with van der Waals surface area (Å²) in [5.74, 6) is -0.440. The fourth-order valence-corrected chi connectivity index (χ4v) is 3.79. The Balaban J connectivity index is 1.74. The molecule has 2 aliphatic heterocycles. The third kappa shape index (κ3) is 2.90. The first-order valence-corrected chi connectivity index (χ1v) is 8.40. The van der Waals surface area contributed by atoms with Crippen LogP contribution in [0.4, 0.5) is 0 Å². The van der Waals surface area contributed by atoms with Gasteiger partial charge in [0.15, 0.2) is 0 Å². The maximum absolute atomic E-state index is 12.9. The third-order valence-electron chi connectivity index (χ3n) is 5.22. The molecule has 0 radical (unpaired) electrons. The summed E-state index contributed by atoms with van der Waals surface area (Å²) in [6.45, 7) is 3.94. The minimum Gasteiger partial charge on any atom is -0.364 e. The van der Waals surface area contributed by atoms with E-state index >= 15 is 0 Å². The fraction of sp³-hybridized carbons (Fsp3) is 0.588. The number of likely N-dealkylation sites (tertiary alicyclic amines) is 1. The van der Waals surface area contributed by atoms with Crippen LogP contribution < -0.4 is 5.73 Å². The zero-order chi connectivity index (χ0) is 17.4. The highest BCUT2D eigenvalue weighted by atomic mass is 16.2. The summed E-state index contributed by atoms with van der Waals surface area (Å²) in [6.07, 6.45) is 2.42. The number of rotatable bonds is 2. The van der Waals surface area contributed by atoms with Crippen LogP contribution in [0.15, 0.2) is 6.07 Å². The molecular formula is C17H24N4O3. The van der Waals surface area contributed by atoms with E-state index in [1.807, 2.05) is 18.0 Å². The van der Waals surface area contributed by atoms with Crippen molar-refractivity contribution >= 4 is 17.7 Å². The second-order valence-electron chi connectivity index (χ2n) is 6.74. The molecule has 0 saturated carbocycles. The minimum absolute atomic E-state index is 0.0296. The van der Waals surface area contributed by atoms with Crippen molar-refractivity contribution in [2.75, 3.05) is 19.6 Å². The van der Waals surface area contributed by atoms with E-state index in [1.165, 1.54) is 0 Å². The predicted octanol–water partition coefficient (Wildman–Crippen LogP) is 0.267. The van der Waals surface area contributed by atoms with Crippen LogP contribution in [-0.2, 0) is 29.6 Å². The lowest BCUT2D eigenvalue weighted by molar-refractivity contribution is -0.141. The summed E-state index contributed by atoms with van der Waals surface area (Å²) in [5, 5.41) is 0. The van der Waals surface area contributed by atoms with E-state index in [-0.39, 0.29) is 17.7 Å². The molecule has 0 spiro atoms. The molecule has 24 heavy (non-hydrogen) atoms. The molecule has 7 heteroatoms. The van der Waals surface area contributed by atoms with Gasteiger partial charge in [-0.1, -0.05) is 0 Å². The Kier molecular flexibility index (Phi) is 4.34. The molecule has 3 heterocycles. The Morgan fingerprint density at radius 3 is 2.62 bits per heavy atom. The quantitative estimate of drug-likeness (QED) is 0.843. The highest BCUT2D eigenvalue weighted by Crippen LogP contribution is 2.26. The average molecular weight is 332 g/mol. The standard InChI is InChI=1S/C17H24N4O3/c1-11(22)20-6-3-4-13(9-20)17(24)21-7-5-12-8-14(16(18)23)19(2)15(12)10-21/h8,13H,3-7,9-10H2,1-2H3,(H2,18,23). The molecule has 0 aliphatic carbocycles. The molecule has 2 N–H and O–H groups in total. The molecule has 2 aliphatic rings. The number of aromatic nitrogens is 1. The number of carbonyl (C=O) groups excluding carboxylic acids is 3. The summed E-state index contributed by atoms with van der Waals surface area (Å²) in [5.41, 5.74) is 7.95. The number of fused-ring (bicyclic) bond motifs is 1. The Bertz CT molecular complexity index is 694. The summed E-state index contributed by atoms with van der Waals surface area (Å²) in [4.78, 5) is 39.5. The van der Waals surface area contributed by atoms with Crippen LogP contribution in [0.5, 0.6) is 0 Å². The van der Waals surface area contributed by atoms with Crippen molar-refractivity contribution in [3.63, 3.8) is 0 Å². The largest absolute Gasteiger partial charge is 0.364 e. The van der Waals surface area contributed by atoms with Gasteiger partial charge in [-0.3, -0.25) is 14.4 Å². The van der Waals surface area contributed by atoms with Crippen molar-refractivity contribution in [2.45, 2.75) is 32.7 Å². The highest BCUT2D eigenvalue weighted by molar-refractivity contribution is 5.92. The van der Waals surface area contributed by atoms with Crippen molar-refractivity contribution in [1.29, 1.82) is 0 Å². The number of primary amides is 1. The first kappa shape index (κ1) is 16.5. The van der Waals surface area contributed by atoms with Crippen LogP contribution in [0.1, 0.15) is 41.5 Å². The van der Waals surface area contributed by atoms with Gasteiger partial charge in [-0.15, -0.1) is 0 Å². The van der Waals surface area contributed by atoms with E-state index in [9.17, 15) is 14.4 Å². The van der Waals surface area contributed by atoms with Gasteiger partial charge in [0.2, 0.25) is 11.8 Å². The Morgan fingerprint density at radius 1 is 1.21 bits per heavy atom. The van der Waals surface area contributed by atoms with Gasteiger partial charge in [0.25, 0.3) is 5.91 Å². The van der Waals surface area contributed by atoms with Crippen molar-refractivity contribution in [3.8, 4) is 0 Å². The minimum atomic E-state index is -0.450. The first-order chi connectivity index (χ1) is 11.4. The lowest BCUT2D eigenvalue weighted by Gasteiger charge is -2.36. The molecule has 1 fully saturated rings. The number of piperidine rings is 1. The SMILES string of the molecule is CC(=O)N1CCCC(C(=O)N2CCc3cc(C(N)=O)n(C)c3C2)C1. The lowest BCUT2D eigenvalue weighted by atomic mass is 9.95. The molecule has 0 aromatic carbocycles. The number of hydrogen-bond donors (Lipinski definition) is 1. The van der Waals surface area contributed by atoms with Gasteiger partial charge in [0, 0.05) is 39.3 Å². The van der Waals surface area contributed by atoms with Gasteiger partial charge in [0.05, 0.1) is 12.5 Å². The second-order valence-corrected chi connectivity index (χ2v) is 6.74. The van der Waals surface area contributed by atoms with E-state index < -0.39 is 5.91 Å². The molecule has 1 aromatic rings. The van der Waals surface area contributed by atoms with Crippen LogP contribution >= 0.6 is 0 Å². The molecule has 1 atom stereocenters. The zero-order valence-electron chi connectivity index (χ0n) is 14.2. The second kappa shape index (κ2) is 6.30. The number of hydrogen-bond acceptors (Lipinski definition) is 3. The molecule has 1 saturated heterocycles. The molecule has 130 valence electrons. The van der Waals surface area contributed by atoms with Crippen LogP contribution in [0.2, 0.25) is 0 Å². The van der Waals surface area contributed by atoms with Gasteiger partial charge >= 0.3 is 0 Å². The maximum Gasteiger partial charge on any atom is 0.265 e. The van der Waals surface area contributed by atoms with Gasteiger partial charge in [-0.05, 0) is 30.9 Å². The molecule has 3 rings (SSSR count). The summed E-state index contributed by atoms with van der Waals surface area (Å²) in [7, 11) is 1.81. The van der Waals surface area contributed by atoms with Crippen molar-refractivity contribution < 1.29 is 14.4 Å². The Labute approximate surface area is 141 Å². The van der Waals surface area contributed by atoms with Gasteiger partial charge in [-0.2, -0.15) is 0 Å². The topological polar surface area (TPSA) is 88.6 Å². The van der Waals surface area contributed by atoms with Crippen molar-refractivity contribution in [1.82, 2.24) is 14.4 Å². The number of nitrogens with zero attached hydrogens (tertiary/aromatic N) is 3. The third-order valence-corrected chi connectivity index (χ3v) is 5.22. The number of amides is 3. The van der Waals surface area contributed by atoms with Gasteiger partial charge in [0.1, 0.15) is 5.69 Å². The molecule has 0 bridgehead atoms. The smallest absolute Gasteiger partial charge is 0.265 e. The normalized spacial score (nSPS) is 20.7. The summed E-state index contributed by atoms with van der Waals surface area (Å²) >= 11 is 0. The number of nitrogens with two attached hydrogens (primary N) is 1. The van der Waals surface area contributed by atoms with Crippen LogP contribution in [0, 0.1) is 5.92 Å². The van der Waals surface area contributed by atoms with E-state index in [4.69, 9.17) is 5.73 Å². The van der Waals surface area contributed by atoms with Gasteiger partial charge < -0.3 is 20.1 Å². The van der Waals surface area contributed by atoms with E-state index in [2.05, 4.69) is 0 Å². The Morgan fingerprint density at radius 2 is 1.96 bits per heavy atom. The fourth-order valence-electron chi connectivity index (χ4n) is 3.79. The Hall–Kier alpha value is -2.31. The molecule has 3 amide bonds. The molecule has 1 unspecified atom stereocenters. The van der Waals surface area contributed by atoms with E-state index in [0.29, 0.717) is 25.3 Å². The van der Waals surface area contributed by atoms with Crippen LogP contribution in [0.25, 0.3) is 0 Å². The molecule has 7 nitrogen and oxygen atoms in total. The average Bonchev–Trinajstić information content (AvgIpc) is 2.91. The summed E-state index contributed by atoms with van der Waals surface area (Å²) in [6, 6.07) is 1.83. The van der Waals surface area contributed by atoms with E-state index in [0.717, 1.165) is 37.1 Å². The maximum atomic E-state index is 12.9. The van der Waals surface area contributed by atoms with Crippen molar-refractivity contribution in [2.24, 2.45) is 18.7 Å². The monoisotopic (exact) mass is 332 g/mol. The first-order valence-electron chi connectivity index (χ1n) is 8.40.